The van der Waals surface area contributed by atoms with Crippen molar-refractivity contribution in [1.82, 2.24) is 19.6 Å². The van der Waals surface area contributed by atoms with Gasteiger partial charge in [0.2, 0.25) is 11.1 Å². The van der Waals surface area contributed by atoms with Crippen LogP contribution in [-0.2, 0) is 16.0 Å². The van der Waals surface area contributed by atoms with Gasteiger partial charge < -0.3 is 10.1 Å². The second-order valence-electron chi connectivity index (χ2n) is 8.02. The molecule has 9 heteroatoms. The van der Waals surface area contributed by atoms with Gasteiger partial charge in [0.25, 0.3) is 5.78 Å². The first-order valence-electron chi connectivity index (χ1n) is 11.2. The Labute approximate surface area is 213 Å². The molecule has 0 saturated carbocycles. The lowest BCUT2D eigenvalue weighted by Crippen LogP contribution is -2.14. The molecule has 0 atom stereocenters. The molecule has 2 heterocycles. The van der Waals surface area contributed by atoms with Gasteiger partial charge in [-0.3, -0.25) is 4.79 Å². The number of amides is 1. The summed E-state index contributed by atoms with van der Waals surface area (Å²) in [5.74, 6) is 6.18. The molecule has 0 aliphatic heterocycles. The number of benzene rings is 2. The molecule has 0 aliphatic rings. The lowest BCUT2D eigenvalue weighted by Gasteiger charge is -2.10. The Morgan fingerprint density at radius 3 is 2.50 bits per heavy atom. The molecule has 4 aromatic rings. The fourth-order valence-corrected chi connectivity index (χ4v) is 4.10. The molecular formula is C27H25N5O3S. The molecule has 2 aromatic carbocycles. The number of thioether (sulfide) groups is 1. The summed E-state index contributed by atoms with van der Waals surface area (Å²) in [6.45, 7) is 3.90. The molecule has 2 aromatic heterocycles. The van der Waals surface area contributed by atoms with Gasteiger partial charge in [-0.05, 0) is 68.5 Å². The largest absolute Gasteiger partial charge is 0.465 e. The van der Waals surface area contributed by atoms with Crippen molar-refractivity contribution < 1.29 is 14.3 Å². The minimum absolute atomic E-state index is 0.104. The summed E-state index contributed by atoms with van der Waals surface area (Å²) in [6.07, 6.45) is 2.76. The van der Waals surface area contributed by atoms with Crippen LogP contribution >= 0.6 is 11.8 Å². The van der Waals surface area contributed by atoms with Gasteiger partial charge in [-0.25, -0.2) is 14.3 Å². The second-order valence-corrected chi connectivity index (χ2v) is 8.80. The van der Waals surface area contributed by atoms with Crippen LogP contribution in [0.25, 0.3) is 5.78 Å². The van der Waals surface area contributed by atoms with E-state index in [9.17, 15) is 9.59 Å². The van der Waals surface area contributed by atoms with Crippen LogP contribution in [0.5, 0.6) is 0 Å². The quantitative estimate of drug-likeness (QED) is 0.241. The standard InChI is InChI=1S/C27H25N5O3S/c1-17-23(18(2)32-26(28-17)30-27(31-32)36-4)13-14-24(33)29-22-10-6-8-20(16-22)12-11-19-7-5-9-21(15-19)25(34)35-3/h5-10,15-16H,13-14H2,1-4H3,(H,29,33). The molecule has 4 rings (SSSR count). The van der Waals surface area contributed by atoms with E-state index in [1.54, 1.807) is 22.7 Å². The summed E-state index contributed by atoms with van der Waals surface area (Å²) < 4.78 is 6.48. The van der Waals surface area contributed by atoms with Crippen LogP contribution in [0.4, 0.5) is 5.69 Å². The summed E-state index contributed by atoms with van der Waals surface area (Å²) in [7, 11) is 1.34. The second kappa shape index (κ2) is 11.1. The van der Waals surface area contributed by atoms with E-state index in [1.165, 1.54) is 18.9 Å². The third kappa shape index (κ3) is 5.73. The maximum atomic E-state index is 12.7. The lowest BCUT2D eigenvalue weighted by atomic mass is 10.1. The van der Waals surface area contributed by atoms with E-state index in [0.717, 1.165) is 22.5 Å². The molecule has 1 amide bonds. The van der Waals surface area contributed by atoms with Crippen molar-refractivity contribution in [3.05, 3.63) is 82.2 Å². The van der Waals surface area contributed by atoms with E-state index in [4.69, 9.17) is 4.74 Å². The van der Waals surface area contributed by atoms with E-state index < -0.39 is 5.97 Å². The van der Waals surface area contributed by atoms with Crippen molar-refractivity contribution in [2.24, 2.45) is 0 Å². The molecule has 0 spiro atoms. The number of ether oxygens (including phenoxy) is 1. The van der Waals surface area contributed by atoms with Crippen LogP contribution in [0.2, 0.25) is 0 Å². The highest BCUT2D eigenvalue weighted by atomic mass is 32.2. The summed E-state index contributed by atoms with van der Waals surface area (Å²) in [5.41, 5.74) is 5.32. The third-order valence-electron chi connectivity index (χ3n) is 5.60. The highest BCUT2D eigenvalue weighted by Crippen LogP contribution is 2.19. The lowest BCUT2D eigenvalue weighted by molar-refractivity contribution is -0.116. The van der Waals surface area contributed by atoms with Gasteiger partial charge in [-0.1, -0.05) is 35.7 Å². The minimum Gasteiger partial charge on any atom is -0.465 e. The first-order valence-corrected chi connectivity index (χ1v) is 12.5. The van der Waals surface area contributed by atoms with Crippen LogP contribution in [0.3, 0.4) is 0 Å². The molecule has 0 fully saturated rings. The summed E-state index contributed by atoms with van der Waals surface area (Å²) in [5, 5.41) is 8.07. The van der Waals surface area contributed by atoms with Crippen LogP contribution in [0, 0.1) is 25.7 Å². The number of carbonyl (C=O) groups is 2. The average molecular weight is 500 g/mol. The number of hydrogen-bond acceptors (Lipinski definition) is 7. The maximum absolute atomic E-state index is 12.7. The van der Waals surface area contributed by atoms with E-state index in [0.29, 0.717) is 40.6 Å². The number of nitrogens with one attached hydrogen (secondary N) is 1. The molecule has 1 N–H and O–H groups in total. The Hall–Kier alpha value is -4.16. The molecule has 8 nitrogen and oxygen atoms in total. The molecule has 0 unspecified atom stereocenters. The smallest absolute Gasteiger partial charge is 0.337 e. The van der Waals surface area contributed by atoms with Gasteiger partial charge in [-0.2, -0.15) is 4.98 Å². The molecule has 0 radical (unpaired) electrons. The van der Waals surface area contributed by atoms with Crippen molar-refractivity contribution in [2.75, 3.05) is 18.7 Å². The fraction of sp³-hybridized carbons (Fsp3) is 0.222. The van der Waals surface area contributed by atoms with E-state index in [1.807, 2.05) is 50.4 Å². The Morgan fingerprint density at radius 1 is 1.06 bits per heavy atom. The third-order valence-corrected chi connectivity index (χ3v) is 6.13. The van der Waals surface area contributed by atoms with E-state index >= 15 is 0 Å². The Kier molecular flexibility index (Phi) is 7.66. The molecule has 0 saturated heterocycles. The van der Waals surface area contributed by atoms with Crippen molar-refractivity contribution >= 4 is 35.1 Å². The van der Waals surface area contributed by atoms with Crippen molar-refractivity contribution in [3.8, 4) is 11.8 Å². The van der Waals surface area contributed by atoms with Crippen LogP contribution in [-0.4, -0.2) is 44.8 Å². The number of hydrogen-bond donors (Lipinski definition) is 1. The molecule has 36 heavy (non-hydrogen) atoms. The Balaban J connectivity index is 1.43. The van der Waals surface area contributed by atoms with Gasteiger partial charge in [0.15, 0.2) is 0 Å². The van der Waals surface area contributed by atoms with Crippen LogP contribution in [0.1, 0.15) is 44.9 Å². The number of rotatable bonds is 6. The summed E-state index contributed by atoms with van der Waals surface area (Å²) in [4.78, 5) is 33.4. The zero-order valence-corrected chi connectivity index (χ0v) is 21.3. The topological polar surface area (TPSA) is 98.5 Å². The first kappa shape index (κ1) is 24.9. The summed E-state index contributed by atoms with van der Waals surface area (Å²) in [6, 6.07) is 14.3. The number of methoxy groups -OCH3 is 1. The Bertz CT molecular complexity index is 1520. The van der Waals surface area contributed by atoms with Crippen LogP contribution < -0.4 is 5.32 Å². The number of nitrogens with zero attached hydrogens (tertiary/aromatic N) is 4. The van der Waals surface area contributed by atoms with Gasteiger partial charge >= 0.3 is 5.97 Å². The predicted octanol–water partition coefficient (Wildman–Crippen LogP) is 4.22. The average Bonchev–Trinajstić information content (AvgIpc) is 3.30. The zero-order valence-electron chi connectivity index (χ0n) is 20.5. The van der Waals surface area contributed by atoms with Gasteiger partial charge in [0.05, 0.1) is 12.7 Å². The van der Waals surface area contributed by atoms with Gasteiger partial charge in [-0.15, -0.1) is 5.10 Å². The maximum Gasteiger partial charge on any atom is 0.337 e. The van der Waals surface area contributed by atoms with E-state index in [2.05, 4.69) is 32.2 Å². The van der Waals surface area contributed by atoms with Crippen molar-refractivity contribution in [3.63, 3.8) is 0 Å². The normalized spacial score (nSPS) is 10.6. The highest BCUT2D eigenvalue weighted by Gasteiger charge is 2.14. The number of carbonyl (C=O) groups excluding carboxylic acids is 2. The number of aromatic nitrogens is 4. The van der Waals surface area contributed by atoms with Gasteiger partial charge in [0, 0.05) is 34.6 Å². The van der Waals surface area contributed by atoms with Crippen molar-refractivity contribution in [2.45, 2.75) is 31.8 Å². The molecular weight excluding hydrogens is 474 g/mol. The van der Waals surface area contributed by atoms with Crippen LogP contribution in [0.15, 0.2) is 53.7 Å². The summed E-state index contributed by atoms with van der Waals surface area (Å²) >= 11 is 1.46. The first-order chi connectivity index (χ1) is 17.4. The number of anilines is 1. The zero-order chi connectivity index (χ0) is 25.7. The van der Waals surface area contributed by atoms with E-state index in [-0.39, 0.29) is 5.91 Å². The van der Waals surface area contributed by atoms with Crippen molar-refractivity contribution in [1.29, 1.82) is 0 Å². The number of aryl methyl sites for hydroxylation is 2. The minimum atomic E-state index is -0.407. The SMILES string of the molecule is COC(=O)c1cccc(C#Cc2cccc(NC(=O)CCc3c(C)nc4nc(SC)nn4c3C)c2)c1. The molecule has 0 aliphatic carbocycles. The molecule has 182 valence electrons. The Morgan fingerprint density at radius 2 is 1.78 bits per heavy atom. The fourth-order valence-electron chi connectivity index (χ4n) is 3.76. The van der Waals surface area contributed by atoms with Gasteiger partial charge in [0.1, 0.15) is 0 Å². The number of fused-ring (bicyclic) bond motifs is 1. The molecule has 0 bridgehead atoms. The number of esters is 1. The monoisotopic (exact) mass is 499 g/mol. The highest BCUT2D eigenvalue weighted by molar-refractivity contribution is 7.98. The predicted molar refractivity (Wildman–Crippen MR) is 139 cm³/mol.